The Morgan fingerprint density at radius 3 is 2.42 bits per heavy atom. The predicted molar refractivity (Wildman–Crippen MR) is 56.4 cm³/mol. The normalized spacial score (nSPS) is 15.2. The van der Waals surface area contributed by atoms with Crippen LogP contribution in [0.5, 0.6) is 0 Å². The van der Waals surface area contributed by atoms with Gasteiger partial charge in [-0.2, -0.15) is 0 Å². The van der Waals surface area contributed by atoms with Crippen LogP contribution < -0.4 is 0 Å². The van der Waals surface area contributed by atoms with E-state index in [1.165, 1.54) is 12.8 Å². The second-order valence-corrected chi connectivity index (χ2v) is 3.03. The lowest BCUT2D eigenvalue weighted by Crippen LogP contribution is -2.15. The number of likely N-dealkylation sites (N-methyl/N-ethyl adjacent to an activating group) is 1. The van der Waals surface area contributed by atoms with Gasteiger partial charge in [-0.1, -0.05) is 37.6 Å². The van der Waals surface area contributed by atoms with E-state index < -0.39 is 0 Å². The Bertz CT molecular complexity index is 154. The summed E-state index contributed by atoms with van der Waals surface area (Å²) in [5.74, 6) is 0. The quantitative estimate of drug-likeness (QED) is 0.611. The first-order valence-corrected chi connectivity index (χ1v) is 4.78. The molecular formula is C11H21N. The van der Waals surface area contributed by atoms with E-state index in [-0.39, 0.29) is 0 Å². The van der Waals surface area contributed by atoms with Crippen molar-refractivity contribution in [2.24, 2.45) is 0 Å². The van der Waals surface area contributed by atoms with Crippen molar-refractivity contribution in [3.05, 3.63) is 23.8 Å². The highest BCUT2D eigenvalue weighted by atomic mass is 15.0. The van der Waals surface area contributed by atoms with Crippen molar-refractivity contribution < 1.29 is 0 Å². The Hall–Kier alpha value is -0.560. The largest absolute Gasteiger partial charge is 0.305 e. The molecular weight excluding hydrogens is 146 g/mol. The van der Waals surface area contributed by atoms with Crippen LogP contribution >= 0.6 is 0 Å². The molecule has 1 rings (SSSR count). The molecule has 1 aliphatic rings. The molecule has 0 aromatic carbocycles. The molecule has 0 aromatic rings. The third kappa shape index (κ3) is 5.14. The highest BCUT2D eigenvalue weighted by molar-refractivity contribution is 5.18. The van der Waals surface area contributed by atoms with Crippen molar-refractivity contribution in [3.63, 3.8) is 0 Å². The molecule has 1 aliphatic carbocycles. The summed E-state index contributed by atoms with van der Waals surface area (Å²) in [6, 6.07) is 0. The number of allylic oxidation sites excluding steroid dienone is 3. The summed E-state index contributed by atoms with van der Waals surface area (Å²) >= 11 is 0. The first-order chi connectivity index (χ1) is 5.79. The summed E-state index contributed by atoms with van der Waals surface area (Å²) in [4.78, 5) is 2.21. The van der Waals surface area contributed by atoms with Gasteiger partial charge in [0.2, 0.25) is 0 Å². The van der Waals surface area contributed by atoms with Crippen molar-refractivity contribution >= 4 is 0 Å². The van der Waals surface area contributed by atoms with Crippen LogP contribution in [-0.4, -0.2) is 25.5 Å². The standard InChI is InChI=1S/C9H15N.C2H6/c1-10(2)8-9-6-4-3-5-7-9;1-2/h3-4,6H,5,7-8H2,1-2H3;1-2H3. The van der Waals surface area contributed by atoms with Crippen LogP contribution in [-0.2, 0) is 0 Å². The van der Waals surface area contributed by atoms with Crippen molar-refractivity contribution in [2.75, 3.05) is 20.6 Å². The molecule has 0 unspecified atom stereocenters. The maximum atomic E-state index is 2.23. The van der Waals surface area contributed by atoms with Gasteiger partial charge in [0.05, 0.1) is 0 Å². The van der Waals surface area contributed by atoms with Gasteiger partial charge in [-0.3, -0.25) is 0 Å². The highest BCUT2D eigenvalue weighted by Crippen LogP contribution is 2.11. The average Bonchev–Trinajstić information content (AvgIpc) is 2.08. The van der Waals surface area contributed by atoms with E-state index in [0.29, 0.717) is 0 Å². The van der Waals surface area contributed by atoms with Crippen LogP contribution in [0.3, 0.4) is 0 Å². The molecule has 0 aromatic heterocycles. The Morgan fingerprint density at radius 2 is 2.00 bits per heavy atom. The second kappa shape index (κ2) is 7.11. The van der Waals surface area contributed by atoms with Crippen molar-refractivity contribution in [2.45, 2.75) is 26.7 Å². The lowest BCUT2D eigenvalue weighted by atomic mass is 10.1. The number of rotatable bonds is 2. The van der Waals surface area contributed by atoms with E-state index in [0.717, 1.165) is 6.54 Å². The van der Waals surface area contributed by atoms with E-state index in [2.05, 4.69) is 37.2 Å². The molecule has 0 amide bonds. The van der Waals surface area contributed by atoms with Gasteiger partial charge in [-0.15, -0.1) is 0 Å². The van der Waals surface area contributed by atoms with Gasteiger partial charge in [0.25, 0.3) is 0 Å². The molecule has 1 nitrogen and oxygen atoms in total. The first-order valence-electron chi connectivity index (χ1n) is 4.78. The zero-order chi connectivity index (χ0) is 9.40. The van der Waals surface area contributed by atoms with Crippen LogP contribution in [0, 0.1) is 0 Å². The zero-order valence-electron chi connectivity index (χ0n) is 8.80. The lowest BCUT2D eigenvalue weighted by molar-refractivity contribution is 0.439. The van der Waals surface area contributed by atoms with Gasteiger partial charge < -0.3 is 4.90 Å². The zero-order valence-corrected chi connectivity index (χ0v) is 8.80. The summed E-state index contributed by atoms with van der Waals surface area (Å²) in [5.41, 5.74) is 1.55. The predicted octanol–water partition coefficient (Wildman–Crippen LogP) is 2.85. The Kier molecular flexibility index (Phi) is 6.78. The second-order valence-electron chi connectivity index (χ2n) is 3.03. The minimum Gasteiger partial charge on any atom is -0.305 e. The van der Waals surface area contributed by atoms with Gasteiger partial charge >= 0.3 is 0 Å². The molecule has 0 bridgehead atoms. The molecule has 0 saturated heterocycles. The van der Waals surface area contributed by atoms with E-state index >= 15 is 0 Å². The van der Waals surface area contributed by atoms with Gasteiger partial charge in [0.15, 0.2) is 0 Å². The van der Waals surface area contributed by atoms with Crippen LogP contribution in [0.15, 0.2) is 23.8 Å². The minimum atomic E-state index is 1.12. The van der Waals surface area contributed by atoms with Gasteiger partial charge in [0, 0.05) is 6.54 Å². The SMILES string of the molecule is CC.CN(C)CC1=CC=CCC1. The Labute approximate surface area is 76.8 Å². The summed E-state index contributed by atoms with van der Waals surface area (Å²) in [7, 11) is 4.22. The molecule has 1 heteroatoms. The van der Waals surface area contributed by atoms with Crippen LogP contribution in [0.1, 0.15) is 26.7 Å². The van der Waals surface area contributed by atoms with Gasteiger partial charge in [-0.05, 0) is 26.9 Å². The maximum absolute atomic E-state index is 2.23. The summed E-state index contributed by atoms with van der Waals surface area (Å²) < 4.78 is 0. The van der Waals surface area contributed by atoms with Crippen LogP contribution in [0.4, 0.5) is 0 Å². The molecule has 0 atom stereocenters. The molecule has 0 radical (unpaired) electrons. The van der Waals surface area contributed by atoms with Crippen molar-refractivity contribution in [1.29, 1.82) is 0 Å². The topological polar surface area (TPSA) is 3.24 Å². The average molecular weight is 167 g/mol. The molecule has 70 valence electrons. The first kappa shape index (κ1) is 11.4. The Balaban J connectivity index is 0.000000561. The van der Waals surface area contributed by atoms with Crippen molar-refractivity contribution in [3.8, 4) is 0 Å². The molecule has 12 heavy (non-hydrogen) atoms. The smallest absolute Gasteiger partial charge is 0.0190 e. The Morgan fingerprint density at radius 1 is 1.33 bits per heavy atom. The molecule has 0 aliphatic heterocycles. The van der Waals surface area contributed by atoms with Gasteiger partial charge in [0.1, 0.15) is 0 Å². The van der Waals surface area contributed by atoms with Gasteiger partial charge in [-0.25, -0.2) is 0 Å². The fourth-order valence-corrected chi connectivity index (χ4v) is 1.19. The highest BCUT2D eigenvalue weighted by Gasteiger charge is 1.99. The fourth-order valence-electron chi connectivity index (χ4n) is 1.19. The minimum absolute atomic E-state index is 1.12. The molecule has 0 fully saturated rings. The third-order valence-corrected chi connectivity index (χ3v) is 1.62. The molecule has 0 heterocycles. The van der Waals surface area contributed by atoms with E-state index in [4.69, 9.17) is 0 Å². The lowest BCUT2D eigenvalue weighted by Gasteiger charge is -2.13. The number of hydrogen-bond donors (Lipinski definition) is 0. The summed E-state index contributed by atoms with van der Waals surface area (Å²) in [6.45, 7) is 5.12. The fraction of sp³-hybridized carbons (Fsp3) is 0.636. The molecule has 0 N–H and O–H groups in total. The summed E-state index contributed by atoms with van der Waals surface area (Å²) in [6.07, 6.45) is 9.07. The van der Waals surface area contributed by atoms with E-state index in [1.807, 2.05) is 13.8 Å². The van der Waals surface area contributed by atoms with Crippen LogP contribution in [0.2, 0.25) is 0 Å². The number of nitrogens with zero attached hydrogens (tertiary/aromatic N) is 1. The summed E-state index contributed by atoms with van der Waals surface area (Å²) in [5, 5.41) is 0. The van der Waals surface area contributed by atoms with E-state index in [1.54, 1.807) is 5.57 Å². The van der Waals surface area contributed by atoms with Crippen molar-refractivity contribution in [1.82, 2.24) is 4.90 Å². The monoisotopic (exact) mass is 167 g/mol. The molecule has 0 saturated carbocycles. The maximum Gasteiger partial charge on any atom is 0.0190 e. The molecule has 0 spiro atoms. The van der Waals surface area contributed by atoms with Crippen LogP contribution in [0.25, 0.3) is 0 Å². The van der Waals surface area contributed by atoms with E-state index in [9.17, 15) is 0 Å². The third-order valence-electron chi connectivity index (χ3n) is 1.62. The number of hydrogen-bond acceptors (Lipinski definition) is 1.